The SMILES string of the molecule is CC(Sc1nc2ccccc2c(=O)n1-c1ccc(F)c(Cl)c1)C(=O)Nc1ccccc1F. The molecule has 9 heteroatoms. The summed E-state index contributed by atoms with van der Waals surface area (Å²) in [6, 6.07) is 16.5. The highest BCUT2D eigenvalue weighted by atomic mass is 35.5. The maximum absolute atomic E-state index is 13.9. The fourth-order valence-electron chi connectivity index (χ4n) is 3.05. The smallest absolute Gasteiger partial charge is 0.266 e. The standard InChI is InChI=1S/C23H16ClF2N3O2S/c1-13(21(30)27-20-9-5-3-7-18(20)26)32-23-28-19-8-4-2-6-15(19)22(31)29(23)14-10-11-17(25)16(24)12-14/h2-13H,1H3,(H,27,30). The first-order valence-electron chi connectivity index (χ1n) is 9.54. The van der Waals surface area contributed by atoms with Crippen molar-refractivity contribution >= 4 is 45.9 Å². The van der Waals surface area contributed by atoms with Crippen LogP contribution < -0.4 is 10.9 Å². The Morgan fingerprint density at radius 3 is 2.53 bits per heavy atom. The third kappa shape index (κ3) is 4.37. The number of carbonyl (C=O) groups is 1. The van der Waals surface area contributed by atoms with E-state index in [0.29, 0.717) is 16.6 Å². The van der Waals surface area contributed by atoms with E-state index < -0.39 is 22.8 Å². The molecule has 1 heterocycles. The molecular weight excluding hydrogens is 456 g/mol. The van der Waals surface area contributed by atoms with Crippen molar-refractivity contribution in [1.82, 2.24) is 9.55 Å². The Bertz CT molecular complexity index is 1390. The minimum Gasteiger partial charge on any atom is -0.323 e. The highest BCUT2D eigenvalue weighted by Gasteiger charge is 2.21. The van der Waals surface area contributed by atoms with E-state index >= 15 is 0 Å². The Labute approximate surface area is 191 Å². The van der Waals surface area contributed by atoms with Gasteiger partial charge in [-0.1, -0.05) is 47.6 Å². The van der Waals surface area contributed by atoms with Gasteiger partial charge in [0.25, 0.3) is 5.56 Å². The van der Waals surface area contributed by atoms with Gasteiger partial charge in [0.2, 0.25) is 5.91 Å². The number of aromatic nitrogens is 2. The van der Waals surface area contributed by atoms with Gasteiger partial charge in [-0.2, -0.15) is 0 Å². The lowest BCUT2D eigenvalue weighted by molar-refractivity contribution is -0.115. The number of thioether (sulfide) groups is 1. The molecule has 4 rings (SSSR count). The minimum atomic E-state index is -0.732. The van der Waals surface area contributed by atoms with Crippen LogP contribution in [-0.2, 0) is 4.79 Å². The van der Waals surface area contributed by atoms with Gasteiger partial charge in [0.15, 0.2) is 5.16 Å². The van der Waals surface area contributed by atoms with Crippen LogP contribution in [0.2, 0.25) is 5.02 Å². The molecule has 0 aliphatic carbocycles. The lowest BCUT2D eigenvalue weighted by Gasteiger charge is -2.17. The van der Waals surface area contributed by atoms with Crippen LogP contribution in [0.15, 0.2) is 76.7 Å². The molecule has 5 nitrogen and oxygen atoms in total. The van der Waals surface area contributed by atoms with Gasteiger partial charge in [-0.15, -0.1) is 0 Å². The first-order valence-corrected chi connectivity index (χ1v) is 10.8. The molecule has 0 fully saturated rings. The van der Waals surface area contributed by atoms with E-state index in [2.05, 4.69) is 10.3 Å². The molecule has 162 valence electrons. The van der Waals surface area contributed by atoms with Gasteiger partial charge < -0.3 is 5.32 Å². The molecule has 0 aliphatic rings. The lowest BCUT2D eigenvalue weighted by Crippen LogP contribution is -2.26. The maximum Gasteiger partial charge on any atom is 0.266 e. The summed E-state index contributed by atoms with van der Waals surface area (Å²) in [6.45, 7) is 1.62. The summed E-state index contributed by atoms with van der Waals surface area (Å²) < 4.78 is 28.9. The first kappa shape index (κ1) is 22.0. The van der Waals surface area contributed by atoms with E-state index in [0.717, 1.165) is 17.8 Å². The number of fused-ring (bicyclic) bond motifs is 1. The van der Waals surface area contributed by atoms with Crippen molar-refractivity contribution in [2.45, 2.75) is 17.3 Å². The van der Waals surface area contributed by atoms with Crippen LogP contribution in [0, 0.1) is 11.6 Å². The molecule has 1 aromatic heterocycles. The molecule has 1 atom stereocenters. The second kappa shape index (κ2) is 9.10. The monoisotopic (exact) mass is 471 g/mol. The largest absolute Gasteiger partial charge is 0.323 e. The molecule has 0 saturated heterocycles. The molecule has 0 aliphatic heterocycles. The highest BCUT2D eigenvalue weighted by molar-refractivity contribution is 8.00. The second-order valence-electron chi connectivity index (χ2n) is 6.88. The Kier molecular flexibility index (Phi) is 6.25. The Morgan fingerprint density at radius 1 is 1.06 bits per heavy atom. The van der Waals surface area contributed by atoms with Gasteiger partial charge in [-0.05, 0) is 49.4 Å². The van der Waals surface area contributed by atoms with Crippen LogP contribution in [0.25, 0.3) is 16.6 Å². The van der Waals surface area contributed by atoms with E-state index in [9.17, 15) is 18.4 Å². The number of nitrogens with zero attached hydrogens (tertiary/aromatic N) is 2. The predicted molar refractivity (Wildman–Crippen MR) is 123 cm³/mol. The predicted octanol–water partition coefficient (Wildman–Crippen LogP) is 5.44. The maximum atomic E-state index is 13.9. The first-order chi connectivity index (χ1) is 15.3. The van der Waals surface area contributed by atoms with E-state index in [1.807, 2.05) is 0 Å². The average molecular weight is 472 g/mol. The molecule has 1 N–H and O–H groups in total. The van der Waals surface area contributed by atoms with Gasteiger partial charge in [-0.3, -0.25) is 14.2 Å². The van der Waals surface area contributed by atoms with E-state index in [-0.39, 0.29) is 21.4 Å². The lowest BCUT2D eigenvalue weighted by atomic mass is 10.2. The number of nitrogens with one attached hydrogen (secondary N) is 1. The molecule has 0 spiro atoms. The summed E-state index contributed by atoms with van der Waals surface area (Å²) in [4.78, 5) is 30.5. The van der Waals surface area contributed by atoms with Gasteiger partial charge in [-0.25, -0.2) is 13.8 Å². The van der Waals surface area contributed by atoms with Crippen molar-refractivity contribution in [3.8, 4) is 5.69 Å². The zero-order chi connectivity index (χ0) is 22.8. The Hall–Kier alpha value is -3.23. The summed E-state index contributed by atoms with van der Waals surface area (Å²) in [5.74, 6) is -1.64. The molecule has 3 aromatic carbocycles. The number of para-hydroxylation sites is 2. The number of hydrogen-bond donors (Lipinski definition) is 1. The Morgan fingerprint density at radius 2 is 1.78 bits per heavy atom. The van der Waals surface area contributed by atoms with Crippen LogP contribution in [0.1, 0.15) is 6.92 Å². The third-order valence-corrected chi connectivity index (χ3v) is 6.03. The minimum absolute atomic E-state index is 0.0547. The number of anilines is 1. The third-order valence-electron chi connectivity index (χ3n) is 4.69. The van der Waals surface area contributed by atoms with Crippen LogP contribution in [0.4, 0.5) is 14.5 Å². The van der Waals surface area contributed by atoms with Crippen LogP contribution in [0.5, 0.6) is 0 Å². The normalized spacial score (nSPS) is 12.0. The number of amides is 1. The van der Waals surface area contributed by atoms with Gasteiger partial charge in [0.05, 0.1) is 32.6 Å². The van der Waals surface area contributed by atoms with E-state index in [1.54, 1.807) is 37.3 Å². The van der Waals surface area contributed by atoms with Crippen molar-refractivity contribution in [2.75, 3.05) is 5.32 Å². The number of hydrogen-bond acceptors (Lipinski definition) is 4. The Balaban J connectivity index is 1.75. The number of halogens is 3. The van der Waals surface area contributed by atoms with Crippen LogP contribution >= 0.6 is 23.4 Å². The summed E-state index contributed by atoms with van der Waals surface area (Å²) in [5.41, 5.74) is 0.427. The molecule has 4 aromatic rings. The molecule has 32 heavy (non-hydrogen) atoms. The van der Waals surface area contributed by atoms with Gasteiger partial charge in [0, 0.05) is 0 Å². The zero-order valence-corrected chi connectivity index (χ0v) is 18.3. The number of benzene rings is 3. The molecule has 0 radical (unpaired) electrons. The topological polar surface area (TPSA) is 64.0 Å². The van der Waals surface area contributed by atoms with Crippen molar-refractivity contribution in [1.29, 1.82) is 0 Å². The van der Waals surface area contributed by atoms with Crippen molar-refractivity contribution in [3.63, 3.8) is 0 Å². The molecule has 1 unspecified atom stereocenters. The van der Waals surface area contributed by atoms with Crippen molar-refractivity contribution in [2.24, 2.45) is 0 Å². The fraction of sp³-hybridized carbons (Fsp3) is 0.0870. The second-order valence-corrected chi connectivity index (χ2v) is 8.59. The fourth-order valence-corrected chi connectivity index (χ4v) is 4.15. The van der Waals surface area contributed by atoms with Crippen LogP contribution in [0.3, 0.4) is 0 Å². The summed E-state index contributed by atoms with van der Waals surface area (Å²) >= 11 is 6.95. The molecule has 1 amide bonds. The summed E-state index contributed by atoms with van der Waals surface area (Å²) in [5, 5.41) is 2.23. The average Bonchev–Trinajstić information content (AvgIpc) is 2.77. The quantitative estimate of drug-likeness (QED) is 0.311. The molecule has 0 saturated carbocycles. The van der Waals surface area contributed by atoms with Gasteiger partial charge >= 0.3 is 0 Å². The summed E-state index contributed by atoms with van der Waals surface area (Å²) in [7, 11) is 0. The van der Waals surface area contributed by atoms with E-state index in [4.69, 9.17) is 11.6 Å². The van der Waals surface area contributed by atoms with Crippen LogP contribution in [-0.4, -0.2) is 20.7 Å². The highest BCUT2D eigenvalue weighted by Crippen LogP contribution is 2.27. The van der Waals surface area contributed by atoms with Crippen molar-refractivity contribution in [3.05, 3.63) is 93.7 Å². The molecular formula is C23H16ClF2N3O2S. The summed E-state index contributed by atoms with van der Waals surface area (Å²) in [6.07, 6.45) is 0. The van der Waals surface area contributed by atoms with Gasteiger partial charge in [0.1, 0.15) is 11.6 Å². The number of carbonyl (C=O) groups excluding carboxylic acids is 1. The number of rotatable bonds is 5. The van der Waals surface area contributed by atoms with Crippen molar-refractivity contribution < 1.29 is 13.6 Å². The van der Waals surface area contributed by atoms with E-state index in [1.165, 1.54) is 34.9 Å². The zero-order valence-electron chi connectivity index (χ0n) is 16.7. The molecule has 0 bridgehead atoms.